The highest BCUT2D eigenvalue weighted by atomic mass is 16.1. The lowest BCUT2D eigenvalue weighted by Gasteiger charge is -2.57. The number of pyridine rings is 1. The van der Waals surface area contributed by atoms with Crippen LogP contribution in [-0.2, 0) is 11.2 Å². The van der Waals surface area contributed by atoms with Crippen molar-refractivity contribution in [1.29, 1.82) is 0 Å². The van der Waals surface area contributed by atoms with Gasteiger partial charge in [-0.2, -0.15) is 0 Å². The summed E-state index contributed by atoms with van der Waals surface area (Å²) in [6.45, 7) is 8.01. The molecule has 0 bridgehead atoms. The molecule has 0 saturated heterocycles. The van der Waals surface area contributed by atoms with Gasteiger partial charge < -0.3 is 5.32 Å². The Bertz CT molecular complexity index is 900. The van der Waals surface area contributed by atoms with Gasteiger partial charge in [-0.15, -0.1) is 0 Å². The van der Waals surface area contributed by atoms with Gasteiger partial charge in [0.1, 0.15) is 0 Å². The van der Waals surface area contributed by atoms with Gasteiger partial charge in [-0.3, -0.25) is 9.78 Å². The van der Waals surface area contributed by atoms with E-state index in [1.54, 1.807) is 5.57 Å². The predicted octanol–water partition coefficient (Wildman–Crippen LogP) is 5.33. The lowest BCUT2D eigenvalue weighted by Crippen LogP contribution is -2.49. The topological polar surface area (TPSA) is 42.0 Å². The van der Waals surface area contributed by atoms with E-state index in [-0.39, 0.29) is 16.7 Å². The first-order valence-electron chi connectivity index (χ1n) is 11.6. The zero-order chi connectivity index (χ0) is 20.2. The number of rotatable bonds is 2. The Morgan fingerprint density at radius 2 is 2.00 bits per heavy atom. The van der Waals surface area contributed by atoms with Crippen molar-refractivity contribution >= 4 is 11.5 Å². The SMILES string of the molecule is CCc1cncc(C2=CC[C@H]3[C@@H]4CCC5=CC(=O)NCC[C@]5(C)C4CC[C@]23C)c1. The van der Waals surface area contributed by atoms with Gasteiger partial charge >= 0.3 is 0 Å². The summed E-state index contributed by atoms with van der Waals surface area (Å²) >= 11 is 0. The molecule has 1 N–H and O–H groups in total. The molecule has 154 valence electrons. The van der Waals surface area contributed by atoms with Gasteiger partial charge in [-0.1, -0.05) is 32.4 Å². The van der Waals surface area contributed by atoms with Gasteiger partial charge in [-0.05, 0) is 96.3 Å². The van der Waals surface area contributed by atoms with Crippen LogP contribution in [0.4, 0.5) is 0 Å². The van der Waals surface area contributed by atoms with E-state index < -0.39 is 0 Å². The largest absolute Gasteiger partial charge is 0.353 e. The minimum Gasteiger partial charge on any atom is -0.353 e. The molecule has 1 aromatic heterocycles. The quantitative estimate of drug-likeness (QED) is 0.742. The molecule has 1 aromatic rings. The highest BCUT2D eigenvalue weighted by molar-refractivity contribution is 5.88. The van der Waals surface area contributed by atoms with Crippen LogP contribution in [-0.4, -0.2) is 17.4 Å². The number of aryl methyl sites for hydroxylation is 1. The first-order valence-corrected chi connectivity index (χ1v) is 11.6. The number of hydrogen-bond donors (Lipinski definition) is 1. The molecule has 5 rings (SSSR count). The second kappa shape index (κ2) is 6.82. The van der Waals surface area contributed by atoms with Gasteiger partial charge in [0.25, 0.3) is 0 Å². The third-order valence-electron chi connectivity index (χ3n) is 9.08. The van der Waals surface area contributed by atoms with Gasteiger partial charge in [-0.25, -0.2) is 0 Å². The highest BCUT2D eigenvalue weighted by Gasteiger charge is 2.56. The van der Waals surface area contributed by atoms with Crippen molar-refractivity contribution in [2.24, 2.45) is 28.6 Å². The van der Waals surface area contributed by atoms with Crippen molar-refractivity contribution in [2.75, 3.05) is 6.54 Å². The summed E-state index contributed by atoms with van der Waals surface area (Å²) in [5, 5.41) is 3.08. The third kappa shape index (κ3) is 2.84. The molecule has 3 aliphatic carbocycles. The molecular weight excluding hydrogens is 356 g/mol. The van der Waals surface area contributed by atoms with E-state index in [0.717, 1.165) is 37.6 Å². The Morgan fingerprint density at radius 1 is 1.14 bits per heavy atom. The average Bonchev–Trinajstić information content (AvgIpc) is 2.99. The molecule has 2 saturated carbocycles. The third-order valence-corrected chi connectivity index (χ3v) is 9.08. The summed E-state index contributed by atoms with van der Waals surface area (Å²) in [5.41, 5.74) is 6.11. The number of aromatic nitrogens is 1. The van der Waals surface area contributed by atoms with E-state index in [0.29, 0.717) is 5.92 Å². The monoisotopic (exact) mass is 390 g/mol. The average molecular weight is 391 g/mol. The Morgan fingerprint density at radius 3 is 2.83 bits per heavy atom. The molecule has 0 radical (unpaired) electrons. The first kappa shape index (κ1) is 19.1. The number of hydrogen-bond acceptors (Lipinski definition) is 2. The fourth-order valence-corrected chi connectivity index (χ4v) is 7.41. The minimum absolute atomic E-state index is 0.121. The lowest BCUT2D eigenvalue weighted by molar-refractivity contribution is -0.116. The summed E-state index contributed by atoms with van der Waals surface area (Å²) in [4.78, 5) is 16.7. The van der Waals surface area contributed by atoms with E-state index in [4.69, 9.17) is 0 Å². The molecular formula is C26H34N2O. The smallest absolute Gasteiger partial charge is 0.243 e. The normalized spacial score (nSPS) is 38.7. The van der Waals surface area contributed by atoms with Crippen LogP contribution in [0.25, 0.3) is 5.57 Å². The van der Waals surface area contributed by atoms with Gasteiger partial charge in [0, 0.05) is 25.0 Å². The predicted molar refractivity (Wildman–Crippen MR) is 117 cm³/mol. The zero-order valence-corrected chi connectivity index (χ0v) is 18.1. The summed E-state index contributed by atoms with van der Waals surface area (Å²) in [6.07, 6.45) is 16.8. The van der Waals surface area contributed by atoms with E-state index in [1.807, 2.05) is 12.3 Å². The number of fused-ring (bicyclic) bond motifs is 5. The van der Waals surface area contributed by atoms with E-state index in [9.17, 15) is 4.79 Å². The summed E-state index contributed by atoms with van der Waals surface area (Å²) in [7, 11) is 0. The molecule has 29 heavy (non-hydrogen) atoms. The van der Waals surface area contributed by atoms with Crippen LogP contribution in [0.5, 0.6) is 0 Å². The second-order valence-electron chi connectivity index (χ2n) is 10.3. The summed E-state index contributed by atoms with van der Waals surface area (Å²) < 4.78 is 0. The fourth-order valence-electron chi connectivity index (χ4n) is 7.41. The van der Waals surface area contributed by atoms with E-state index >= 15 is 0 Å². The Labute approximate surface area is 175 Å². The molecule has 1 unspecified atom stereocenters. The summed E-state index contributed by atoms with van der Waals surface area (Å²) in [5.74, 6) is 2.32. The molecule has 2 heterocycles. The molecule has 0 spiro atoms. The van der Waals surface area contributed by atoms with Crippen molar-refractivity contribution in [3.05, 3.63) is 47.3 Å². The second-order valence-corrected chi connectivity index (χ2v) is 10.3. The number of nitrogens with zero attached hydrogens (tertiary/aromatic N) is 1. The summed E-state index contributed by atoms with van der Waals surface area (Å²) in [6, 6.07) is 2.37. The van der Waals surface area contributed by atoms with Crippen LogP contribution >= 0.6 is 0 Å². The van der Waals surface area contributed by atoms with Crippen molar-refractivity contribution in [2.45, 2.75) is 65.7 Å². The van der Waals surface area contributed by atoms with E-state index in [2.05, 4.69) is 49.4 Å². The molecule has 3 heteroatoms. The number of amides is 1. The van der Waals surface area contributed by atoms with Crippen LogP contribution in [0.2, 0.25) is 0 Å². The first-order chi connectivity index (χ1) is 14.0. The maximum atomic E-state index is 12.1. The molecule has 3 nitrogen and oxygen atoms in total. The molecule has 4 aliphatic rings. The van der Waals surface area contributed by atoms with Crippen molar-refractivity contribution in [1.82, 2.24) is 10.3 Å². The van der Waals surface area contributed by atoms with Crippen LogP contribution < -0.4 is 5.32 Å². The molecule has 0 aromatic carbocycles. The van der Waals surface area contributed by atoms with Crippen molar-refractivity contribution in [3.8, 4) is 0 Å². The van der Waals surface area contributed by atoms with Crippen LogP contribution in [0.15, 0.2) is 36.2 Å². The van der Waals surface area contributed by atoms with Gasteiger partial charge in [0.05, 0.1) is 0 Å². The van der Waals surface area contributed by atoms with Gasteiger partial charge in [0.2, 0.25) is 5.91 Å². The lowest BCUT2D eigenvalue weighted by atomic mass is 9.47. The maximum Gasteiger partial charge on any atom is 0.243 e. The molecule has 5 atom stereocenters. The van der Waals surface area contributed by atoms with Crippen LogP contribution in [0.1, 0.15) is 70.4 Å². The van der Waals surface area contributed by atoms with Gasteiger partial charge in [0.15, 0.2) is 0 Å². The zero-order valence-electron chi connectivity index (χ0n) is 18.1. The number of carbonyl (C=O) groups excluding carboxylic acids is 1. The van der Waals surface area contributed by atoms with Crippen molar-refractivity contribution in [3.63, 3.8) is 0 Å². The maximum absolute atomic E-state index is 12.1. The highest BCUT2D eigenvalue weighted by Crippen LogP contribution is 2.66. The van der Waals surface area contributed by atoms with Crippen LogP contribution in [0.3, 0.4) is 0 Å². The standard InChI is InChI=1S/C26H34N2O/c1-4-17-13-18(16-27-15-17)21-7-8-22-20-6-5-19-14-24(29)28-12-11-25(19,2)23(20)9-10-26(21,22)3/h7,13-16,20,22-23H,4-6,8-12H2,1-3H3,(H,28,29)/t20-,22-,23?,25-,26+/m0/s1. The van der Waals surface area contributed by atoms with E-state index in [1.165, 1.54) is 42.4 Å². The fraction of sp³-hybridized carbons (Fsp3) is 0.615. The van der Waals surface area contributed by atoms with Crippen molar-refractivity contribution < 1.29 is 4.79 Å². The Kier molecular flexibility index (Phi) is 4.49. The number of nitrogens with one attached hydrogen (secondary N) is 1. The minimum atomic E-state index is 0.121. The number of carbonyl (C=O) groups is 1. The molecule has 1 aliphatic heterocycles. The number of allylic oxidation sites excluding steroid dienone is 3. The Balaban J connectivity index is 1.46. The molecule has 2 fully saturated rings. The van der Waals surface area contributed by atoms with Crippen LogP contribution in [0, 0.1) is 28.6 Å². The Hall–Kier alpha value is -1.90. The molecule has 1 amide bonds.